The van der Waals surface area contributed by atoms with Crippen LogP contribution in [0.5, 0.6) is 0 Å². The minimum Gasteiger partial charge on any atom is -0.481 e. The third kappa shape index (κ3) is 2.62. The lowest BCUT2D eigenvalue weighted by atomic mass is 10.1. The van der Waals surface area contributed by atoms with E-state index in [0.29, 0.717) is 24.5 Å². The topological polar surface area (TPSA) is 95.1 Å². The number of nitrogens with zero attached hydrogens (tertiary/aromatic N) is 1. The Hall–Kier alpha value is -1.85. The maximum atomic E-state index is 12.0. The molecule has 0 unspecified atom stereocenters. The molecule has 1 aromatic heterocycles. The normalized spacial score (nSPS) is 26.3. The van der Waals surface area contributed by atoms with Gasteiger partial charge in [-0.3, -0.25) is 14.7 Å². The fraction of sp³-hybridized carbons (Fsp3) is 0.615. The Morgan fingerprint density at radius 3 is 2.74 bits per heavy atom. The number of carbonyl (C=O) groups excluding carboxylic acids is 1. The van der Waals surface area contributed by atoms with Gasteiger partial charge >= 0.3 is 5.97 Å². The first-order valence-corrected chi connectivity index (χ1v) is 6.72. The molecule has 0 saturated heterocycles. The molecule has 6 heteroatoms. The van der Waals surface area contributed by atoms with E-state index in [0.717, 1.165) is 25.0 Å². The number of carbonyl (C=O) groups is 2. The number of rotatable bonds is 4. The number of carboxylic acids is 1. The summed E-state index contributed by atoms with van der Waals surface area (Å²) in [7, 11) is 0. The Bertz CT molecular complexity index is 507. The van der Waals surface area contributed by atoms with Crippen molar-refractivity contribution in [2.45, 2.75) is 44.1 Å². The first-order chi connectivity index (χ1) is 9.13. The highest BCUT2D eigenvalue weighted by atomic mass is 16.4. The molecule has 3 N–H and O–H groups in total. The van der Waals surface area contributed by atoms with Gasteiger partial charge in [0.05, 0.1) is 5.92 Å². The SMILES string of the molecule is O=C(N[C@H]1CC[C@@H](C(=O)O)C1)c1cc(C2CC2)[nH]n1. The zero-order valence-corrected chi connectivity index (χ0v) is 10.6. The van der Waals surface area contributed by atoms with Gasteiger partial charge in [0, 0.05) is 17.7 Å². The molecule has 2 aliphatic rings. The number of aromatic amines is 1. The molecule has 102 valence electrons. The van der Waals surface area contributed by atoms with Crippen LogP contribution >= 0.6 is 0 Å². The summed E-state index contributed by atoms with van der Waals surface area (Å²) in [5.74, 6) is -0.768. The Morgan fingerprint density at radius 1 is 1.32 bits per heavy atom. The van der Waals surface area contributed by atoms with Crippen LogP contribution in [-0.4, -0.2) is 33.2 Å². The highest BCUT2D eigenvalue weighted by Crippen LogP contribution is 2.39. The lowest BCUT2D eigenvalue weighted by molar-refractivity contribution is -0.141. The Kier molecular flexibility index (Phi) is 3.00. The molecule has 2 aliphatic carbocycles. The molecule has 2 atom stereocenters. The third-order valence-corrected chi connectivity index (χ3v) is 3.96. The first-order valence-electron chi connectivity index (χ1n) is 6.72. The van der Waals surface area contributed by atoms with Gasteiger partial charge in [-0.05, 0) is 38.2 Å². The summed E-state index contributed by atoms with van der Waals surface area (Å²) < 4.78 is 0. The van der Waals surface area contributed by atoms with E-state index in [4.69, 9.17) is 5.11 Å². The minimum absolute atomic E-state index is 0.0466. The third-order valence-electron chi connectivity index (χ3n) is 3.96. The van der Waals surface area contributed by atoms with Gasteiger partial charge in [-0.2, -0.15) is 5.10 Å². The molecule has 2 saturated carbocycles. The van der Waals surface area contributed by atoms with Gasteiger partial charge in [-0.25, -0.2) is 0 Å². The number of hydrogen-bond donors (Lipinski definition) is 3. The second-order valence-corrected chi connectivity index (χ2v) is 5.50. The highest BCUT2D eigenvalue weighted by Gasteiger charge is 2.31. The van der Waals surface area contributed by atoms with E-state index >= 15 is 0 Å². The number of aromatic nitrogens is 2. The second kappa shape index (κ2) is 4.68. The van der Waals surface area contributed by atoms with Crippen molar-refractivity contribution in [3.05, 3.63) is 17.5 Å². The zero-order chi connectivity index (χ0) is 13.4. The number of aliphatic carboxylic acids is 1. The van der Waals surface area contributed by atoms with E-state index in [1.165, 1.54) is 0 Å². The minimum atomic E-state index is -0.771. The fourth-order valence-electron chi connectivity index (χ4n) is 2.65. The van der Waals surface area contributed by atoms with Crippen LogP contribution in [0.15, 0.2) is 6.07 Å². The predicted octanol–water partition coefficient (Wildman–Crippen LogP) is 1.27. The van der Waals surface area contributed by atoms with Crippen molar-refractivity contribution >= 4 is 11.9 Å². The summed E-state index contributed by atoms with van der Waals surface area (Å²) in [6.45, 7) is 0. The van der Waals surface area contributed by atoms with Gasteiger partial charge in [0.1, 0.15) is 5.69 Å². The molecule has 0 aromatic carbocycles. The van der Waals surface area contributed by atoms with Gasteiger partial charge < -0.3 is 10.4 Å². The maximum Gasteiger partial charge on any atom is 0.306 e. The summed E-state index contributed by atoms with van der Waals surface area (Å²) in [6, 6.07) is 1.76. The Labute approximate surface area is 110 Å². The average Bonchev–Trinajstić information content (AvgIpc) is 2.92. The fourth-order valence-corrected chi connectivity index (χ4v) is 2.65. The molecule has 2 fully saturated rings. The Balaban J connectivity index is 1.57. The number of amides is 1. The lowest BCUT2D eigenvalue weighted by Gasteiger charge is -2.10. The van der Waals surface area contributed by atoms with Crippen LogP contribution in [-0.2, 0) is 4.79 Å². The smallest absolute Gasteiger partial charge is 0.306 e. The van der Waals surface area contributed by atoms with Crippen LogP contribution in [0.4, 0.5) is 0 Å². The van der Waals surface area contributed by atoms with Crippen LogP contribution in [0.25, 0.3) is 0 Å². The molecule has 1 heterocycles. The number of nitrogens with one attached hydrogen (secondary N) is 2. The van der Waals surface area contributed by atoms with Crippen molar-refractivity contribution < 1.29 is 14.7 Å². The van der Waals surface area contributed by atoms with E-state index in [9.17, 15) is 9.59 Å². The van der Waals surface area contributed by atoms with E-state index in [-0.39, 0.29) is 17.9 Å². The van der Waals surface area contributed by atoms with E-state index in [1.54, 1.807) is 6.07 Å². The van der Waals surface area contributed by atoms with Gasteiger partial charge in [0.25, 0.3) is 5.91 Å². The van der Waals surface area contributed by atoms with Crippen molar-refractivity contribution in [1.29, 1.82) is 0 Å². The van der Waals surface area contributed by atoms with Crippen LogP contribution in [0.2, 0.25) is 0 Å². The molecule has 1 aromatic rings. The summed E-state index contributed by atoms with van der Waals surface area (Å²) in [4.78, 5) is 22.9. The monoisotopic (exact) mass is 263 g/mol. The van der Waals surface area contributed by atoms with Crippen molar-refractivity contribution in [1.82, 2.24) is 15.5 Å². The molecule has 0 bridgehead atoms. The lowest BCUT2D eigenvalue weighted by Crippen LogP contribution is -2.33. The first kappa shape index (κ1) is 12.2. The molecule has 19 heavy (non-hydrogen) atoms. The molecular formula is C13H17N3O3. The number of hydrogen-bond acceptors (Lipinski definition) is 3. The second-order valence-electron chi connectivity index (χ2n) is 5.50. The van der Waals surface area contributed by atoms with E-state index in [2.05, 4.69) is 15.5 Å². The Morgan fingerprint density at radius 2 is 2.11 bits per heavy atom. The predicted molar refractivity (Wildman–Crippen MR) is 66.8 cm³/mol. The molecule has 0 radical (unpaired) electrons. The largest absolute Gasteiger partial charge is 0.481 e. The number of H-pyrrole nitrogens is 1. The van der Waals surface area contributed by atoms with Crippen molar-refractivity contribution in [3.63, 3.8) is 0 Å². The molecule has 0 aliphatic heterocycles. The summed E-state index contributed by atoms with van der Waals surface area (Å²) in [5, 5.41) is 18.7. The van der Waals surface area contributed by atoms with Crippen molar-refractivity contribution in [2.75, 3.05) is 0 Å². The van der Waals surface area contributed by atoms with Crippen LogP contribution in [0.3, 0.4) is 0 Å². The molecule has 6 nitrogen and oxygen atoms in total. The van der Waals surface area contributed by atoms with Gasteiger partial charge in [-0.1, -0.05) is 0 Å². The van der Waals surface area contributed by atoms with Crippen LogP contribution in [0, 0.1) is 5.92 Å². The molecular weight excluding hydrogens is 246 g/mol. The van der Waals surface area contributed by atoms with Gasteiger partial charge in [0.2, 0.25) is 0 Å². The van der Waals surface area contributed by atoms with Gasteiger partial charge in [0.15, 0.2) is 0 Å². The van der Waals surface area contributed by atoms with Crippen LogP contribution in [0.1, 0.15) is 54.2 Å². The number of carboxylic acid groups (broad SMARTS) is 1. The quantitative estimate of drug-likeness (QED) is 0.762. The van der Waals surface area contributed by atoms with Crippen molar-refractivity contribution in [2.24, 2.45) is 5.92 Å². The van der Waals surface area contributed by atoms with E-state index in [1.807, 2.05) is 0 Å². The van der Waals surface area contributed by atoms with Crippen LogP contribution < -0.4 is 5.32 Å². The summed E-state index contributed by atoms with van der Waals surface area (Å²) >= 11 is 0. The molecule has 0 spiro atoms. The standard InChI is InChI=1S/C13H17N3O3/c17-12(11-6-10(15-16-11)7-1-2-7)14-9-4-3-8(5-9)13(18)19/h6-9H,1-5H2,(H,14,17)(H,15,16)(H,18,19)/t8-,9+/m1/s1. The van der Waals surface area contributed by atoms with Gasteiger partial charge in [-0.15, -0.1) is 0 Å². The van der Waals surface area contributed by atoms with Crippen molar-refractivity contribution in [3.8, 4) is 0 Å². The molecule has 3 rings (SSSR count). The van der Waals surface area contributed by atoms with E-state index < -0.39 is 5.97 Å². The maximum absolute atomic E-state index is 12.0. The average molecular weight is 263 g/mol. The zero-order valence-electron chi connectivity index (χ0n) is 10.6. The summed E-state index contributed by atoms with van der Waals surface area (Å²) in [5.41, 5.74) is 1.43. The molecule has 1 amide bonds. The summed E-state index contributed by atoms with van der Waals surface area (Å²) in [6.07, 6.45) is 4.19. The highest BCUT2D eigenvalue weighted by molar-refractivity contribution is 5.92.